The predicted molar refractivity (Wildman–Crippen MR) is 124 cm³/mol. The summed E-state index contributed by atoms with van der Waals surface area (Å²) in [5.74, 6) is 2.91. The fourth-order valence-electron chi connectivity index (χ4n) is 4.43. The monoisotopic (exact) mass is 414 g/mol. The van der Waals surface area contributed by atoms with Gasteiger partial charge in [-0.2, -0.15) is 0 Å². The predicted octanol–water partition coefficient (Wildman–Crippen LogP) is 7.70. The number of unbranched alkanes of at least 4 members (excludes halogenated alkanes) is 2. The smallest absolute Gasteiger partial charge is 0.147 e. The van der Waals surface area contributed by atoms with Gasteiger partial charge in [0.25, 0.3) is 0 Å². The Morgan fingerprint density at radius 2 is 1.55 bits per heavy atom. The summed E-state index contributed by atoms with van der Waals surface area (Å²) in [5, 5.41) is 10.7. The van der Waals surface area contributed by atoms with Gasteiger partial charge in [0.1, 0.15) is 15.8 Å². The van der Waals surface area contributed by atoms with Crippen LogP contribution in [0.15, 0.2) is 24.3 Å². The van der Waals surface area contributed by atoms with Crippen LogP contribution in [-0.4, -0.2) is 16.8 Å². The Bertz CT molecular complexity index is 689. The average molecular weight is 415 g/mol. The molecule has 3 rings (SSSR count). The van der Waals surface area contributed by atoms with E-state index in [1.807, 2.05) is 0 Å². The summed E-state index contributed by atoms with van der Waals surface area (Å²) in [6.07, 6.45) is 16.1. The van der Waals surface area contributed by atoms with Crippen molar-refractivity contribution < 1.29 is 4.74 Å². The topological polar surface area (TPSA) is 35.0 Å². The Balaban J connectivity index is 1.32. The lowest BCUT2D eigenvalue weighted by molar-refractivity contribution is 0.228. The second-order valence-electron chi connectivity index (χ2n) is 8.65. The van der Waals surface area contributed by atoms with Crippen molar-refractivity contribution in [3.8, 4) is 16.3 Å². The van der Waals surface area contributed by atoms with E-state index in [0.29, 0.717) is 0 Å². The molecule has 1 aromatic heterocycles. The van der Waals surface area contributed by atoms with Crippen molar-refractivity contribution in [2.45, 2.75) is 90.9 Å². The molecular formula is C25H38N2OS. The van der Waals surface area contributed by atoms with Gasteiger partial charge < -0.3 is 4.74 Å². The first-order chi connectivity index (χ1) is 14.3. The fraction of sp³-hybridized carbons (Fsp3) is 0.680. The number of aromatic nitrogens is 2. The van der Waals surface area contributed by atoms with E-state index in [0.717, 1.165) is 52.6 Å². The average Bonchev–Trinajstić information content (AvgIpc) is 3.22. The minimum atomic E-state index is 0.829. The highest BCUT2D eigenvalue weighted by Gasteiger charge is 2.20. The van der Waals surface area contributed by atoms with Crippen molar-refractivity contribution in [1.29, 1.82) is 0 Å². The van der Waals surface area contributed by atoms with Gasteiger partial charge in [0.15, 0.2) is 0 Å². The normalized spacial score (nSPS) is 19.4. The maximum atomic E-state index is 5.99. The second-order valence-corrected chi connectivity index (χ2v) is 9.71. The van der Waals surface area contributed by atoms with Gasteiger partial charge in [-0.3, -0.25) is 0 Å². The van der Waals surface area contributed by atoms with Crippen LogP contribution in [0.4, 0.5) is 0 Å². The van der Waals surface area contributed by atoms with Gasteiger partial charge in [0.05, 0.1) is 6.61 Å². The molecule has 0 atom stereocenters. The van der Waals surface area contributed by atoms with Crippen LogP contribution in [0, 0.1) is 11.8 Å². The van der Waals surface area contributed by atoms with Gasteiger partial charge in [0, 0.05) is 12.0 Å². The van der Waals surface area contributed by atoms with Crippen LogP contribution in [0.25, 0.3) is 10.6 Å². The number of rotatable bonds is 12. The molecule has 0 N–H and O–H groups in total. The Kier molecular flexibility index (Phi) is 9.46. The number of benzene rings is 1. The molecule has 1 heterocycles. The molecule has 0 saturated heterocycles. The number of aryl methyl sites for hydroxylation is 1. The zero-order chi connectivity index (χ0) is 20.3. The van der Waals surface area contributed by atoms with E-state index in [1.54, 1.807) is 11.3 Å². The van der Waals surface area contributed by atoms with E-state index in [-0.39, 0.29) is 0 Å². The van der Waals surface area contributed by atoms with Crippen LogP contribution < -0.4 is 4.74 Å². The van der Waals surface area contributed by atoms with Crippen molar-refractivity contribution in [2.24, 2.45) is 11.8 Å². The molecule has 160 valence electrons. The van der Waals surface area contributed by atoms with Crippen molar-refractivity contribution in [2.75, 3.05) is 6.61 Å². The third-order valence-corrected chi connectivity index (χ3v) is 7.27. The van der Waals surface area contributed by atoms with Crippen LogP contribution in [-0.2, 0) is 6.42 Å². The Labute approximate surface area is 181 Å². The zero-order valence-corrected chi connectivity index (χ0v) is 19.2. The number of hydrogen-bond donors (Lipinski definition) is 0. The first-order valence-corrected chi connectivity index (χ1v) is 12.7. The Morgan fingerprint density at radius 3 is 2.21 bits per heavy atom. The van der Waals surface area contributed by atoms with E-state index < -0.39 is 0 Å². The molecule has 4 heteroatoms. The largest absolute Gasteiger partial charge is 0.494 e. The second kappa shape index (κ2) is 12.3. The molecular weight excluding hydrogens is 376 g/mol. The SMILES string of the molecule is CCCCCC1CCC(CCCOc2ccc(-c3nnc(CCC)s3)cc2)CC1. The minimum absolute atomic E-state index is 0.829. The van der Waals surface area contributed by atoms with Gasteiger partial charge in [-0.25, -0.2) is 0 Å². The van der Waals surface area contributed by atoms with E-state index in [9.17, 15) is 0 Å². The Morgan fingerprint density at radius 1 is 0.862 bits per heavy atom. The van der Waals surface area contributed by atoms with E-state index in [2.05, 4.69) is 48.3 Å². The number of nitrogens with zero attached hydrogens (tertiary/aromatic N) is 2. The third-order valence-electron chi connectivity index (χ3n) is 6.24. The molecule has 1 saturated carbocycles. The summed E-state index contributed by atoms with van der Waals surface area (Å²) in [6.45, 7) is 5.30. The first kappa shape index (κ1) is 22.3. The van der Waals surface area contributed by atoms with Gasteiger partial charge in [-0.1, -0.05) is 76.6 Å². The third kappa shape index (κ3) is 7.40. The molecule has 1 aromatic carbocycles. The lowest BCUT2D eigenvalue weighted by Gasteiger charge is -2.28. The summed E-state index contributed by atoms with van der Waals surface area (Å²) in [6, 6.07) is 8.34. The number of ether oxygens (including phenoxy) is 1. The molecule has 0 unspecified atom stereocenters. The molecule has 2 aromatic rings. The molecule has 3 nitrogen and oxygen atoms in total. The summed E-state index contributed by atoms with van der Waals surface area (Å²) >= 11 is 1.70. The van der Waals surface area contributed by atoms with Crippen molar-refractivity contribution in [1.82, 2.24) is 10.2 Å². The first-order valence-electron chi connectivity index (χ1n) is 11.8. The molecule has 0 spiro atoms. The summed E-state index contributed by atoms with van der Waals surface area (Å²) in [7, 11) is 0. The maximum Gasteiger partial charge on any atom is 0.147 e. The number of hydrogen-bond acceptors (Lipinski definition) is 4. The van der Waals surface area contributed by atoms with Crippen molar-refractivity contribution >= 4 is 11.3 Å². The Hall–Kier alpha value is -1.42. The molecule has 0 radical (unpaired) electrons. The highest BCUT2D eigenvalue weighted by atomic mass is 32.1. The van der Waals surface area contributed by atoms with Crippen LogP contribution in [0.1, 0.15) is 89.5 Å². The molecule has 0 bridgehead atoms. The molecule has 1 fully saturated rings. The standard InChI is InChI=1S/C25H38N2OS/c1-3-5-6-9-20-11-13-21(14-12-20)10-7-19-28-23-17-15-22(16-18-23)25-27-26-24(29-25)8-4-2/h15-18,20-21H,3-14,19H2,1-2H3. The van der Waals surface area contributed by atoms with Crippen LogP contribution >= 0.6 is 11.3 Å². The minimum Gasteiger partial charge on any atom is -0.494 e. The van der Waals surface area contributed by atoms with Gasteiger partial charge in [-0.15, -0.1) is 10.2 Å². The maximum absolute atomic E-state index is 5.99. The van der Waals surface area contributed by atoms with Gasteiger partial charge in [-0.05, 0) is 55.4 Å². The lowest BCUT2D eigenvalue weighted by atomic mass is 9.78. The van der Waals surface area contributed by atoms with Crippen LogP contribution in [0.5, 0.6) is 5.75 Å². The fourth-order valence-corrected chi connectivity index (χ4v) is 5.38. The molecule has 1 aliphatic carbocycles. The quantitative estimate of drug-likeness (QED) is 0.334. The lowest BCUT2D eigenvalue weighted by Crippen LogP contribution is -2.15. The summed E-state index contributed by atoms with van der Waals surface area (Å²) in [4.78, 5) is 0. The van der Waals surface area contributed by atoms with E-state index >= 15 is 0 Å². The highest BCUT2D eigenvalue weighted by molar-refractivity contribution is 7.14. The van der Waals surface area contributed by atoms with Crippen LogP contribution in [0.2, 0.25) is 0 Å². The van der Waals surface area contributed by atoms with Crippen molar-refractivity contribution in [3.05, 3.63) is 29.3 Å². The van der Waals surface area contributed by atoms with Gasteiger partial charge in [0.2, 0.25) is 0 Å². The van der Waals surface area contributed by atoms with Crippen LogP contribution in [0.3, 0.4) is 0 Å². The molecule has 0 aliphatic heterocycles. The van der Waals surface area contributed by atoms with Crippen molar-refractivity contribution in [3.63, 3.8) is 0 Å². The molecule has 1 aliphatic rings. The highest BCUT2D eigenvalue weighted by Crippen LogP contribution is 2.34. The van der Waals surface area contributed by atoms with E-state index in [4.69, 9.17) is 4.74 Å². The molecule has 0 amide bonds. The van der Waals surface area contributed by atoms with E-state index in [1.165, 1.54) is 64.2 Å². The van der Waals surface area contributed by atoms with Gasteiger partial charge >= 0.3 is 0 Å². The zero-order valence-electron chi connectivity index (χ0n) is 18.4. The summed E-state index contributed by atoms with van der Waals surface area (Å²) in [5.41, 5.74) is 1.13. The molecule has 29 heavy (non-hydrogen) atoms. The summed E-state index contributed by atoms with van der Waals surface area (Å²) < 4.78 is 5.99.